The van der Waals surface area contributed by atoms with Crippen molar-refractivity contribution in [1.82, 2.24) is 5.43 Å². The van der Waals surface area contributed by atoms with Gasteiger partial charge >= 0.3 is 0 Å². The van der Waals surface area contributed by atoms with Crippen molar-refractivity contribution in [2.24, 2.45) is 5.84 Å². The summed E-state index contributed by atoms with van der Waals surface area (Å²) in [7, 11) is 0. The van der Waals surface area contributed by atoms with Crippen molar-refractivity contribution in [2.45, 2.75) is 44.8 Å². The van der Waals surface area contributed by atoms with E-state index in [4.69, 9.17) is 10.6 Å². The van der Waals surface area contributed by atoms with Crippen LogP contribution in [0, 0.1) is 0 Å². The first-order chi connectivity index (χ1) is 5.36. The summed E-state index contributed by atoms with van der Waals surface area (Å²) in [6, 6.07) is 0.472. The van der Waals surface area contributed by atoms with E-state index in [1.54, 1.807) is 0 Å². The predicted molar refractivity (Wildman–Crippen MR) is 45.0 cm³/mol. The second kappa shape index (κ2) is 4.70. The lowest BCUT2D eigenvalue weighted by molar-refractivity contribution is -0.00311. The Bertz CT molecular complexity index is 106. The topological polar surface area (TPSA) is 47.3 Å². The van der Waals surface area contributed by atoms with Crippen molar-refractivity contribution >= 4 is 0 Å². The second-order valence-electron chi connectivity index (χ2n) is 3.17. The summed E-state index contributed by atoms with van der Waals surface area (Å²) < 4.78 is 5.55. The van der Waals surface area contributed by atoms with Crippen molar-refractivity contribution in [3.05, 3.63) is 0 Å². The van der Waals surface area contributed by atoms with Crippen LogP contribution in [0.2, 0.25) is 0 Å². The summed E-state index contributed by atoms with van der Waals surface area (Å²) in [6.07, 6.45) is 4.93. The molecular formula is C8H18N2O. The number of hydrazine groups is 1. The van der Waals surface area contributed by atoms with Gasteiger partial charge in [-0.25, -0.2) is 0 Å². The molecule has 3 N–H and O–H groups in total. The maximum atomic E-state index is 5.55. The molecule has 1 saturated heterocycles. The van der Waals surface area contributed by atoms with Gasteiger partial charge in [-0.15, -0.1) is 0 Å². The zero-order valence-electron chi connectivity index (χ0n) is 7.18. The Kier molecular flexibility index (Phi) is 3.83. The molecular weight excluding hydrogens is 140 g/mol. The lowest BCUT2D eigenvalue weighted by atomic mass is 10.0. The van der Waals surface area contributed by atoms with E-state index >= 15 is 0 Å². The molecule has 3 nitrogen and oxygen atoms in total. The fourth-order valence-corrected chi connectivity index (χ4v) is 1.55. The largest absolute Gasteiger partial charge is 0.378 e. The van der Waals surface area contributed by atoms with Gasteiger partial charge in [-0.2, -0.15) is 0 Å². The van der Waals surface area contributed by atoms with Gasteiger partial charge in [0.2, 0.25) is 0 Å². The predicted octanol–water partition coefficient (Wildman–Crippen LogP) is 0.797. The van der Waals surface area contributed by atoms with Crippen LogP contribution in [0.4, 0.5) is 0 Å². The van der Waals surface area contributed by atoms with E-state index in [1.807, 2.05) is 0 Å². The molecule has 0 amide bonds. The van der Waals surface area contributed by atoms with Gasteiger partial charge in [-0.05, 0) is 19.3 Å². The molecule has 1 aliphatic rings. The first-order valence-electron chi connectivity index (χ1n) is 4.44. The van der Waals surface area contributed by atoms with E-state index in [-0.39, 0.29) is 0 Å². The second-order valence-corrected chi connectivity index (χ2v) is 3.17. The van der Waals surface area contributed by atoms with Gasteiger partial charge in [0.25, 0.3) is 0 Å². The Morgan fingerprint density at radius 1 is 1.64 bits per heavy atom. The summed E-state index contributed by atoms with van der Waals surface area (Å²) in [5.41, 5.74) is 2.81. The zero-order valence-corrected chi connectivity index (χ0v) is 7.18. The molecule has 66 valence electrons. The van der Waals surface area contributed by atoms with Crippen LogP contribution in [0.3, 0.4) is 0 Å². The van der Waals surface area contributed by atoms with Crippen LogP contribution in [-0.4, -0.2) is 18.8 Å². The van der Waals surface area contributed by atoms with Crippen LogP contribution in [0.5, 0.6) is 0 Å². The van der Waals surface area contributed by atoms with E-state index < -0.39 is 0 Å². The first kappa shape index (κ1) is 8.97. The van der Waals surface area contributed by atoms with Gasteiger partial charge in [0.05, 0.1) is 6.10 Å². The number of ether oxygens (including phenoxy) is 1. The monoisotopic (exact) mass is 158 g/mol. The van der Waals surface area contributed by atoms with Gasteiger partial charge in [0.1, 0.15) is 0 Å². The van der Waals surface area contributed by atoms with Crippen LogP contribution >= 0.6 is 0 Å². The average Bonchev–Trinajstić information content (AvgIpc) is 2.06. The summed E-state index contributed by atoms with van der Waals surface area (Å²) in [5, 5.41) is 0. The first-order valence-corrected chi connectivity index (χ1v) is 4.44. The molecule has 0 aromatic heterocycles. The lowest BCUT2D eigenvalue weighted by Gasteiger charge is -2.28. The molecule has 0 aliphatic carbocycles. The quantitative estimate of drug-likeness (QED) is 0.471. The van der Waals surface area contributed by atoms with Gasteiger partial charge in [-0.3, -0.25) is 11.3 Å². The molecule has 0 bridgehead atoms. The minimum Gasteiger partial charge on any atom is -0.378 e. The van der Waals surface area contributed by atoms with Crippen LogP contribution in [0.25, 0.3) is 0 Å². The molecule has 2 atom stereocenters. The van der Waals surface area contributed by atoms with Crippen molar-refractivity contribution < 1.29 is 4.74 Å². The number of nitrogens with two attached hydrogens (primary N) is 1. The van der Waals surface area contributed by atoms with Gasteiger partial charge in [-0.1, -0.05) is 13.3 Å². The van der Waals surface area contributed by atoms with E-state index in [1.165, 1.54) is 6.42 Å². The molecule has 0 saturated carbocycles. The lowest BCUT2D eigenvalue weighted by Crippen LogP contribution is -2.42. The molecule has 1 heterocycles. The van der Waals surface area contributed by atoms with E-state index in [0.717, 1.165) is 25.9 Å². The van der Waals surface area contributed by atoms with E-state index in [2.05, 4.69) is 12.3 Å². The van der Waals surface area contributed by atoms with Crippen LogP contribution in [-0.2, 0) is 4.74 Å². The van der Waals surface area contributed by atoms with Crippen molar-refractivity contribution in [1.29, 1.82) is 0 Å². The van der Waals surface area contributed by atoms with Crippen molar-refractivity contribution in [3.63, 3.8) is 0 Å². The molecule has 0 aromatic rings. The highest BCUT2D eigenvalue weighted by atomic mass is 16.5. The van der Waals surface area contributed by atoms with Gasteiger partial charge < -0.3 is 4.74 Å². The zero-order chi connectivity index (χ0) is 8.10. The number of hydrogen-bond donors (Lipinski definition) is 2. The van der Waals surface area contributed by atoms with Gasteiger partial charge in [0.15, 0.2) is 0 Å². The number of hydrogen-bond acceptors (Lipinski definition) is 3. The Balaban J connectivity index is 2.21. The molecule has 1 rings (SSSR count). The fourth-order valence-electron chi connectivity index (χ4n) is 1.55. The maximum Gasteiger partial charge on any atom is 0.0590 e. The highest BCUT2D eigenvalue weighted by Gasteiger charge is 2.20. The normalized spacial score (nSPS) is 32.2. The molecule has 1 fully saturated rings. The Hall–Kier alpha value is -0.120. The average molecular weight is 158 g/mol. The molecule has 0 spiro atoms. The number of rotatable bonds is 3. The Labute approximate surface area is 68.3 Å². The van der Waals surface area contributed by atoms with E-state index in [9.17, 15) is 0 Å². The van der Waals surface area contributed by atoms with Crippen molar-refractivity contribution in [3.8, 4) is 0 Å². The summed E-state index contributed by atoms with van der Waals surface area (Å²) in [5.74, 6) is 5.36. The summed E-state index contributed by atoms with van der Waals surface area (Å²) >= 11 is 0. The molecule has 3 heteroatoms. The Morgan fingerprint density at radius 2 is 2.45 bits per heavy atom. The minimum absolute atomic E-state index is 0.440. The fraction of sp³-hybridized carbons (Fsp3) is 1.00. The van der Waals surface area contributed by atoms with Gasteiger partial charge in [0, 0.05) is 12.6 Å². The summed E-state index contributed by atoms with van der Waals surface area (Å²) in [4.78, 5) is 0. The number of nitrogens with one attached hydrogen (secondary N) is 1. The molecule has 11 heavy (non-hydrogen) atoms. The molecule has 0 aromatic carbocycles. The molecule has 1 aliphatic heterocycles. The van der Waals surface area contributed by atoms with Crippen LogP contribution < -0.4 is 11.3 Å². The minimum atomic E-state index is 0.440. The SMILES string of the molecule is CCCC1CC(NN)CCO1. The van der Waals surface area contributed by atoms with Crippen LogP contribution in [0.1, 0.15) is 32.6 Å². The molecule has 2 unspecified atom stereocenters. The molecule has 0 radical (unpaired) electrons. The standard InChI is InChI=1S/C8H18N2O/c1-2-3-8-6-7(10-9)4-5-11-8/h7-8,10H,2-6,9H2,1H3. The smallest absolute Gasteiger partial charge is 0.0590 e. The maximum absolute atomic E-state index is 5.55. The van der Waals surface area contributed by atoms with E-state index in [0.29, 0.717) is 12.1 Å². The Morgan fingerprint density at radius 3 is 3.09 bits per heavy atom. The summed E-state index contributed by atoms with van der Waals surface area (Å²) in [6.45, 7) is 3.04. The highest BCUT2D eigenvalue weighted by molar-refractivity contribution is 4.74. The van der Waals surface area contributed by atoms with Crippen LogP contribution in [0.15, 0.2) is 0 Å². The highest BCUT2D eigenvalue weighted by Crippen LogP contribution is 2.16. The van der Waals surface area contributed by atoms with Crippen molar-refractivity contribution in [2.75, 3.05) is 6.61 Å². The third kappa shape index (κ3) is 2.77. The third-order valence-electron chi connectivity index (χ3n) is 2.21. The third-order valence-corrected chi connectivity index (χ3v) is 2.21.